The zero-order valence-electron chi connectivity index (χ0n) is 14.4. The van der Waals surface area contributed by atoms with Crippen molar-refractivity contribution in [1.82, 2.24) is 0 Å². The molecule has 1 aromatic carbocycles. The first-order valence-corrected chi connectivity index (χ1v) is 8.68. The number of carbonyl (C=O) groups is 2. The van der Waals surface area contributed by atoms with E-state index < -0.39 is 5.97 Å². The maximum atomic E-state index is 12.0. The number of nitrogens with one attached hydrogen (secondary N) is 3. The molecule has 0 aliphatic heterocycles. The van der Waals surface area contributed by atoms with Crippen molar-refractivity contribution in [1.29, 1.82) is 0 Å². The highest BCUT2D eigenvalue weighted by Crippen LogP contribution is 2.33. The Hall–Kier alpha value is -2.45. The van der Waals surface area contributed by atoms with Crippen LogP contribution < -0.4 is 16.0 Å². The number of benzene rings is 1. The summed E-state index contributed by atoms with van der Waals surface area (Å²) in [5.41, 5.74) is 2.74. The van der Waals surface area contributed by atoms with Gasteiger partial charge in [0.15, 0.2) is 5.11 Å². The van der Waals surface area contributed by atoms with Crippen LogP contribution in [0.2, 0.25) is 0 Å². The molecular formula is C17H19N3O3S2. The summed E-state index contributed by atoms with van der Waals surface area (Å²) in [6.07, 6.45) is 0. The number of thiocarbonyl (C=S) groups is 1. The van der Waals surface area contributed by atoms with Gasteiger partial charge in [-0.1, -0.05) is 6.07 Å². The number of hydrogen-bond acceptors (Lipinski definition) is 5. The van der Waals surface area contributed by atoms with E-state index in [0.29, 0.717) is 27.1 Å². The molecule has 0 atom stereocenters. The molecule has 8 heteroatoms. The van der Waals surface area contributed by atoms with Crippen molar-refractivity contribution in [2.45, 2.75) is 20.8 Å². The lowest BCUT2D eigenvalue weighted by atomic mass is 10.1. The lowest BCUT2D eigenvalue weighted by molar-refractivity contribution is -0.114. The van der Waals surface area contributed by atoms with Crippen molar-refractivity contribution >= 4 is 56.9 Å². The number of rotatable bonds is 4. The third kappa shape index (κ3) is 4.77. The summed E-state index contributed by atoms with van der Waals surface area (Å²) in [4.78, 5) is 24.1. The average Bonchev–Trinajstić information content (AvgIpc) is 2.80. The second-order valence-corrected chi connectivity index (χ2v) is 6.95. The Morgan fingerprint density at radius 2 is 1.76 bits per heavy atom. The lowest BCUT2D eigenvalue weighted by Gasteiger charge is -2.12. The quantitative estimate of drug-likeness (QED) is 0.554. The molecule has 0 unspecified atom stereocenters. The molecular weight excluding hydrogens is 358 g/mol. The zero-order valence-corrected chi connectivity index (χ0v) is 16.0. The van der Waals surface area contributed by atoms with Gasteiger partial charge >= 0.3 is 5.97 Å². The molecule has 0 radical (unpaired) electrons. The van der Waals surface area contributed by atoms with Crippen molar-refractivity contribution in [2.75, 3.05) is 23.1 Å². The number of hydrogen-bond donors (Lipinski definition) is 3. The Morgan fingerprint density at radius 1 is 1.12 bits per heavy atom. The van der Waals surface area contributed by atoms with Crippen molar-refractivity contribution in [3.63, 3.8) is 0 Å². The van der Waals surface area contributed by atoms with Gasteiger partial charge in [0.25, 0.3) is 0 Å². The van der Waals surface area contributed by atoms with Crippen LogP contribution in [-0.4, -0.2) is 24.1 Å². The molecule has 2 rings (SSSR count). The largest absolute Gasteiger partial charge is 0.465 e. The Bertz CT molecular complexity index is 831. The first kappa shape index (κ1) is 18.9. The van der Waals surface area contributed by atoms with E-state index >= 15 is 0 Å². The third-order valence-electron chi connectivity index (χ3n) is 3.44. The molecule has 0 aliphatic rings. The molecule has 6 nitrogen and oxygen atoms in total. The number of methoxy groups -OCH3 is 1. The molecule has 2 aromatic rings. The van der Waals surface area contributed by atoms with E-state index in [1.54, 1.807) is 18.2 Å². The van der Waals surface area contributed by atoms with Crippen molar-refractivity contribution in [2.24, 2.45) is 0 Å². The Balaban J connectivity index is 2.15. The minimum Gasteiger partial charge on any atom is -0.465 e. The minimum atomic E-state index is -0.403. The van der Waals surface area contributed by atoms with Gasteiger partial charge in [0, 0.05) is 23.2 Å². The van der Waals surface area contributed by atoms with Crippen LogP contribution in [-0.2, 0) is 9.53 Å². The van der Waals surface area contributed by atoms with E-state index in [4.69, 9.17) is 17.0 Å². The van der Waals surface area contributed by atoms with Gasteiger partial charge < -0.3 is 20.7 Å². The zero-order chi connectivity index (χ0) is 18.6. The van der Waals surface area contributed by atoms with Gasteiger partial charge in [0.1, 0.15) is 5.00 Å². The van der Waals surface area contributed by atoms with Crippen LogP contribution >= 0.6 is 23.6 Å². The van der Waals surface area contributed by atoms with Crippen molar-refractivity contribution in [3.05, 3.63) is 40.3 Å². The maximum Gasteiger partial charge on any atom is 0.341 e. The second-order valence-electron chi connectivity index (χ2n) is 5.32. The molecule has 0 saturated heterocycles. The molecule has 0 saturated carbocycles. The fourth-order valence-corrected chi connectivity index (χ4v) is 3.54. The predicted octanol–water partition coefficient (Wildman–Crippen LogP) is 3.92. The molecule has 1 heterocycles. The summed E-state index contributed by atoms with van der Waals surface area (Å²) in [5, 5.41) is 9.77. The predicted molar refractivity (Wildman–Crippen MR) is 106 cm³/mol. The molecule has 0 aliphatic carbocycles. The van der Waals surface area contributed by atoms with Gasteiger partial charge in [0.05, 0.1) is 12.7 Å². The lowest BCUT2D eigenvalue weighted by Crippen LogP contribution is -2.20. The first-order chi connectivity index (χ1) is 11.8. The van der Waals surface area contributed by atoms with Crippen LogP contribution in [0.15, 0.2) is 24.3 Å². The van der Waals surface area contributed by atoms with Crippen LogP contribution in [0.5, 0.6) is 0 Å². The fourth-order valence-electron chi connectivity index (χ4n) is 2.21. The highest BCUT2D eigenvalue weighted by molar-refractivity contribution is 7.80. The summed E-state index contributed by atoms with van der Waals surface area (Å²) in [6, 6.07) is 7.17. The summed E-state index contributed by atoms with van der Waals surface area (Å²) in [6.45, 7) is 5.25. The Labute approximate surface area is 155 Å². The van der Waals surface area contributed by atoms with Crippen LogP contribution in [0.3, 0.4) is 0 Å². The topological polar surface area (TPSA) is 79.5 Å². The van der Waals surface area contributed by atoms with E-state index in [-0.39, 0.29) is 5.91 Å². The maximum absolute atomic E-state index is 12.0. The van der Waals surface area contributed by atoms with E-state index in [0.717, 1.165) is 10.4 Å². The van der Waals surface area contributed by atoms with Gasteiger partial charge in [-0.25, -0.2) is 4.79 Å². The van der Waals surface area contributed by atoms with Crippen LogP contribution in [0, 0.1) is 13.8 Å². The highest BCUT2D eigenvalue weighted by atomic mass is 32.1. The molecule has 0 fully saturated rings. The minimum absolute atomic E-state index is 0.148. The van der Waals surface area contributed by atoms with Crippen LogP contribution in [0.25, 0.3) is 0 Å². The number of carbonyl (C=O) groups excluding carboxylic acids is 2. The monoisotopic (exact) mass is 377 g/mol. The Kier molecular flexibility index (Phi) is 6.11. The number of ether oxygens (including phenoxy) is 1. The number of thiophene rings is 1. The van der Waals surface area contributed by atoms with Crippen LogP contribution in [0.4, 0.5) is 16.4 Å². The summed E-state index contributed by atoms with van der Waals surface area (Å²) >= 11 is 6.77. The van der Waals surface area contributed by atoms with Crippen molar-refractivity contribution in [3.8, 4) is 0 Å². The first-order valence-electron chi connectivity index (χ1n) is 7.45. The summed E-state index contributed by atoms with van der Waals surface area (Å²) in [5.74, 6) is -0.551. The number of amides is 1. The van der Waals surface area contributed by atoms with E-state index in [1.165, 1.54) is 25.4 Å². The van der Waals surface area contributed by atoms with Gasteiger partial charge in [-0.05, 0) is 49.8 Å². The van der Waals surface area contributed by atoms with Gasteiger partial charge in [-0.15, -0.1) is 11.3 Å². The molecule has 132 valence electrons. The molecule has 0 spiro atoms. The Morgan fingerprint density at radius 3 is 2.36 bits per heavy atom. The van der Waals surface area contributed by atoms with Gasteiger partial charge in [-0.3, -0.25) is 4.79 Å². The van der Waals surface area contributed by atoms with Gasteiger partial charge in [0.2, 0.25) is 5.91 Å². The van der Waals surface area contributed by atoms with Gasteiger partial charge in [-0.2, -0.15) is 0 Å². The standard InChI is InChI=1S/C17H19N3O3S2/c1-9-10(2)25-15(14(9)16(22)23-4)20-17(24)19-13-7-5-6-12(8-13)18-11(3)21/h5-8H,1-4H3,(H,18,21)(H2,19,20,24). The number of anilines is 3. The smallest absolute Gasteiger partial charge is 0.341 e. The van der Waals surface area contributed by atoms with E-state index in [9.17, 15) is 9.59 Å². The normalized spacial score (nSPS) is 10.1. The third-order valence-corrected chi connectivity index (χ3v) is 4.77. The van der Waals surface area contributed by atoms with Crippen LogP contribution in [0.1, 0.15) is 27.7 Å². The number of esters is 1. The van der Waals surface area contributed by atoms with Crippen molar-refractivity contribution < 1.29 is 14.3 Å². The summed E-state index contributed by atoms with van der Waals surface area (Å²) < 4.78 is 4.85. The molecule has 1 aromatic heterocycles. The second kappa shape index (κ2) is 8.09. The van der Waals surface area contributed by atoms with E-state index in [1.807, 2.05) is 19.9 Å². The molecule has 25 heavy (non-hydrogen) atoms. The molecule has 3 N–H and O–H groups in total. The number of aryl methyl sites for hydroxylation is 1. The SMILES string of the molecule is COC(=O)c1c(NC(=S)Nc2cccc(NC(C)=O)c2)sc(C)c1C. The molecule has 1 amide bonds. The average molecular weight is 377 g/mol. The highest BCUT2D eigenvalue weighted by Gasteiger charge is 2.20. The summed E-state index contributed by atoms with van der Waals surface area (Å²) in [7, 11) is 1.35. The fraction of sp³-hybridized carbons (Fsp3) is 0.235. The molecule has 0 bridgehead atoms. The van der Waals surface area contributed by atoms with E-state index in [2.05, 4.69) is 16.0 Å².